The molecule has 0 rings (SSSR count). The van der Waals surface area contributed by atoms with E-state index in [1.165, 1.54) is 154 Å². The number of aliphatic hydroxyl groups is 6. The summed E-state index contributed by atoms with van der Waals surface area (Å²) in [6, 6.07) is 0. The Balaban J connectivity index is 5.09. The molecule has 6 atom stereocenters. The van der Waals surface area contributed by atoms with Gasteiger partial charge in [-0.15, -0.1) is 0 Å². The van der Waals surface area contributed by atoms with Crippen molar-refractivity contribution in [3.05, 3.63) is 0 Å². The average molecular weight is 1060 g/mol. The van der Waals surface area contributed by atoms with Gasteiger partial charge < -0.3 is 35.5 Å². The zero-order valence-corrected chi connectivity index (χ0v) is 50.4. The van der Waals surface area contributed by atoms with E-state index in [1.54, 1.807) is 11.8 Å². The molecule has 0 spiro atoms. The Morgan fingerprint density at radius 1 is 0.392 bits per heavy atom. The van der Waals surface area contributed by atoms with Crippen LogP contribution >= 0.6 is 0 Å². The quantitative estimate of drug-likeness (QED) is 0.0257. The molecule has 0 aromatic carbocycles. The van der Waals surface area contributed by atoms with E-state index in [0.717, 1.165) is 89.9 Å². The first-order valence-electron chi connectivity index (χ1n) is 32.2. The molecule has 0 saturated carbocycles. The van der Waals surface area contributed by atoms with E-state index >= 15 is 0 Å². The van der Waals surface area contributed by atoms with Crippen LogP contribution < -0.4 is 0 Å². The van der Waals surface area contributed by atoms with Crippen LogP contribution in [0.25, 0.3) is 0 Å². The molecule has 444 valence electrons. The molecule has 0 aliphatic rings. The largest absolute Gasteiger partial charge is 0.392 e. The van der Waals surface area contributed by atoms with Crippen LogP contribution in [0.15, 0.2) is 0 Å². The summed E-state index contributed by atoms with van der Waals surface area (Å²) < 4.78 is 0. The number of unbranched alkanes of at least 4 members (excludes halogenated alkanes) is 28. The van der Waals surface area contributed by atoms with Gasteiger partial charge in [-0.1, -0.05) is 233 Å². The van der Waals surface area contributed by atoms with E-state index in [9.17, 15) is 35.4 Å². The summed E-state index contributed by atoms with van der Waals surface area (Å²) >= 11 is 0. The Hall–Kier alpha value is -0.890. The van der Waals surface area contributed by atoms with Gasteiger partial charge in [0, 0.05) is 65.7 Å². The van der Waals surface area contributed by atoms with Crippen molar-refractivity contribution in [2.75, 3.05) is 66.5 Å². The zero-order valence-electron chi connectivity index (χ0n) is 50.4. The van der Waals surface area contributed by atoms with Crippen molar-refractivity contribution in [2.24, 2.45) is 0 Å². The number of amides is 1. The highest BCUT2D eigenvalue weighted by molar-refractivity contribution is 5.75. The number of carbonyl (C=O) groups excluding carboxylic acids is 1. The van der Waals surface area contributed by atoms with E-state index in [-0.39, 0.29) is 25.2 Å². The highest BCUT2D eigenvalue weighted by Crippen LogP contribution is 2.22. The SMILES string of the molecule is CCCCCCCCCCC(O)CN(CCCN(C)C(=O)CCC(C)(O)CC(O)N(C)CCCN(CC(O)CCCCCCCCCC)CC(O)CCCCCCCCCC)CC(O)CCCCCCCCCC. The van der Waals surface area contributed by atoms with Gasteiger partial charge in [0.15, 0.2) is 0 Å². The minimum absolute atomic E-state index is 0.0431. The summed E-state index contributed by atoms with van der Waals surface area (Å²) in [5.74, 6) is -0.0431. The fourth-order valence-electron chi connectivity index (χ4n) is 10.7. The van der Waals surface area contributed by atoms with Crippen molar-refractivity contribution in [1.29, 1.82) is 0 Å². The third-order valence-electron chi connectivity index (χ3n) is 15.8. The first kappa shape index (κ1) is 73.1. The van der Waals surface area contributed by atoms with Gasteiger partial charge in [0.2, 0.25) is 5.91 Å². The van der Waals surface area contributed by atoms with Crippen molar-refractivity contribution in [1.82, 2.24) is 19.6 Å². The molecule has 0 aromatic rings. The predicted octanol–water partition coefficient (Wildman–Crippen LogP) is 13.6. The molecular formula is C63H130N4O7. The molecule has 0 saturated heterocycles. The topological polar surface area (TPSA) is 151 Å². The minimum Gasteiger partial charge on any atom is -0.392 e. The van der Waals surface area contributed by atoms with Crippen LogP contribution in [-0.4, -0.2) is 159 Å². The summed E-state index contributed by atoms with van der Waals surface area (Å²) in [5.41, 5.74) is -1.23. The lowest BCUT2D eigenvalue weighted by molar-refractivity contribution is -0.132. The summed E-state index contributed by atoms with van der Waals surface area (Å²) in [4.78, 5) is 21.4. The standard InChI is InChI=1S/C63H130N4O7/c1-8-12-16-20-24-28-32-36-42-57(68)53-66(54-58(69)43-37-33-29-25-21-17-13-9-2)50-40-48-64(6)61(72)46-47-63(5,74)52-62(73)65(7)49-41-51-67(55-59(70)44-38-34-30-26-22-18-14-10-3)56-60(71)45-39-35-31-27-23-19-15-11-4/h57-60,62,68-71,73-74H,8-56H2,1-7H3. The second-order valence-corrected chi connectivity index (χ2v) is 23.9. The molecule has 0 bridgehead atoms. The van der Waals surface area contributed by atoms with Gasteiger partial charge in [-0.25, -0.2) is 0 Å². The van der Waals surface area contributed by atoms with Crippen molar-refractivity contribution in [3.63, 3.8) is 0 Å². The zero-order chi connectivity index (χ0) is 54.9. The molecule has 0 fully saturated rings. The maximum absolute atomic E-state index is 13.4. The molecule has 6 unspecified atom stereocenters. The van der Waals surface area contributed by atoms with Gasteiger partial charge in [0.05, 0.1) is 30.0 Å². The summed E-state index contributed by atoms with van der Waals surface area (Å²) in [7, 11) is 3.68. The van der Waals surface area contributed by atoms with Crippen LogP contribution in [0.5, 0.6) is 0 Å². The van der Waals surface area contributed by atoms with Crippen molar-refractivity contribution >= 4 is 5.91 Å². The van der Waals surface area contributed by atoms with Gasteiger partial charge in [-0.3, -0.25) is 19.5 Å². The van der Waals surface area contributed by atoms with Crippen molar-refractivity contribution in [3.8, 4) is 0 Å². The number of nitrogens with zero attached hydrogens (tertiary/aromatic N) is 4. The van der Waals surface area contributed by atoms with Crippen LogP contribution in [-0.2, 0) is 4.79 Å². The molecule has 11 nitrogen and oxygen atoms in total. The summed E-state index contributed by atoms with van der Waals surface area (Å²) in [6.45, 7) is 15.4. The monoisotopic (exact) mass is 1050 g/mol. The Kier molecular flexibility index (Phi) is 50.9. The van der Waals surface area contributed by atoms with Crippen LogP contribution in [0.2, 0.25) is 0 Å². The van der Waals surface area contributed by atoms with E-state index in [4.69, 9.17) is 0 Å². The summed E-state index contributed by atoms with van der Waals surface area (Å²) in [6.07, 6.45) is 42.0. The predicted molar refractivity (Wildman–Crippen MR) is 316 cm³/mol. The van der Waals surface area contributed by atoms with Crippen molar-refractivity contribution in [2.45, 2.75) is 334 Å². The Morgan fingerprint density at radius 2 is 0.662 bits per heavy atom. The van der Waals surface area contributed by atoms with Crippen LogP contribution in [0, 0.1) is 0 Å². The highest BCUT2D eigenvalue weighted by Gasteiger charge is 2.28. The molecule has 0 radical (unpaired) electrons. The second-order valence-electron chi connectivity index (χ2n) is 23.9. The molecule has 74 heavy (non-hydrogen) atoms. The van der Waals surface area contributed by atoms with Gasteiger partial charge in [0.25, 0.3) is 0 Å². The average Bonchev–Trinajstić information content (AvgIpc) is 3.36. The third-order valence-corrected chi connectivity index (χ3v) is 15.8. The van der Waals surface area contributed by atoms with Crippen LogP contribution in [0.4, 0.5) is 0 Å². The van der Waals surface area contributed by atoms with Gasteiger partial charge in [-0.05, 0) is 65.5 Å². The molecule has 1 amide bonds. The van der Waals surface area contributed by atoms with Gasteiger partial charge in [-0.2, -0.15) is 0 Å². The van der Waals surface area contributed by atoms with Gasteiger partial charge >= 0.3 is 0 Å². The number of rotatable bonds is 58. The van der Waals surface area contributed by atoms with Gasteiger partial charge in [0.1, 0.15) is 6.23 Å². The normalized spacial score (nSPS) is 15.0. The smallest absolute Gasteiger partial charge is 0.222 e. The molecular weight excluding hydrogens is 925 g/mol. The fourth-order valence-corrected chi connectivity index (χ4v) is 10.7. The lowest BCUT2D eigenvalue weighted by Gasteiger charge is -2.32. The fraction of sp³-hybridized carbons (Fsp3) is 0.984. The Bertz CT molecular complexity index is 1130. The molecule has 0 aliphatic heterocycles. The molecule has 0 aliphatic carbocycles. The maximum atomic E-state index is 13.4. The Labute approximate surface area is 459 Å². The number of hydrogen-bond acceptors (Lipinski definition) is 10. The van der Waals surface area contributed by atoms with E-state index < -0.39 is 36.2 Å². The van der Waals surface area contributed by atoms with E-state index in [2.05, 4.69) is 37.5 Å². The molecule has 0 aromatic heterocycles. The Morgan fingerprint density at radius 3 is 0.959 bits per heavy atom. The molecule has 0 heterocycles. The number of aliphatic hydroxyl groups excluding tert-OH is 5. The number of hydrogen-bond donors (Lipinski definition) is 6. The van der Waals surface area contributed by atoms with Crippen LogP contribution in [0.3, 0.4) is 0 Å². The summed E-state index contributed by atoms with van der Waals surface area (Å²) in [5, 5.41) is 66.9. The highest BCUT2D eigenvalue weighted by atomic mass is 16.3. The van der Waals surface area contributed by atoms with E-state index in [0.29, 0.717) is 52.4 Å². The lowest BCUT2D eigenvalue weighted by Crippen LogP contribution is -2.42. The second kappa shape index (κ2) is 51.5. The minimum atomic E-state index is -1.23. The molecule has 6 N–H and O–H groups in total. The first-order chi connectivity index (χ1) is 35.7. The maximum Gasteiger partial charge on any atom is 0.222 e. The lowest BCUT2D eigenvalue weighted by atomic mass is 9.94. The number of carbonyl (C=O) groups is 1. The van der Waals surface area contributed by atoms with Crippen LogP contribution in [0.1, 0.15) is 298 Å². The first-order valence-corrected chi connectivity index (χ1v) is 32.2. The molecule has 11 heteroatoms. The van der Waals surface area contributed by atoms with Crippen molar-refractivity contribution < 1.29 is 35.4 Å². The van der Waals surface area contributed by atoms with E-state index in [1.807, 2.05) is 19.0 Å². The third kappa shape index (κ3) is 47.1.